The molecule has 3 heterocycles. The summed E-state index contributed by atoms with van der Waals surface area (Å²) in [5, 5.41) is 3.03. The number of Topliss-reactive ketones (excluding diaryl/α,β-unsaturated/α-hetero) is 2. The van der Waals surface area contributed by atoms with Gasteiger partial charge in [-0.2, -0.15) is 0 Å². The number of hydrogen-bond donors (Lipinski definition) is 1. The summed E-state index contributed by atoms with van der Waals surface area (Å²) in [7, 11) is 0. The molecule has 0 aromatic heterocycles. The molecule has 3 aliphatic heterocycles. The van der Waals surface area contributed by atoms with E-state index >= 15 is 0 Å². The third-order valence-corrected chi connectivity index (χ3v) is 8.62. The second-order valence-electron chi connectivity index (χ2n) is 10.6. The molecule has 40 heavy (non-hydrogen) atoms. The van der Waals surface area contributed by atoms with Gasteiger partial charge in [0.25, 0.3) is 0 Å². The Morgan fingerprint density at radius 1 is 0.800 bits per heavy atom. The molecule has 6 heteroatoms. The highest BCUT2D eigenvalue weighted by Crippen LogP contribution is 2.58. The van der Waals surface area contributed by atoms with Gasteiger partial charge in [-0.15, -0.1) is 0 Å². The molecule has 0 bridgehead atoms. The van der Waals surface area contributed by atoms with Crippen LogP contribution in [0.15, 0.2) is 109 Å². The molecule has 1 N–H and O–H groups in total. The summed E-state index contributed by atoms with van der Waals surface area (Å²) in [6.45, 7) is 1.99. The zero-order valence-electron chi connectivity index (χ0n) is 21.7. The van der Waals surface area contributed by atoms with E-state index < -0.39 is 29.2 Å². The topological polar surface area (TPSA) is 66.5 Å². The third-order valence-electron chi connectivity index (χ3n) is 8.62. The number of para-hydroxylation sites is 2. The number of carbonyl (C=O) groups is 3. The number of anilines is 2. The van der Waals surface area contributed by atoms with Crippen molar-refractivity contribution in [2.45, 2.75) is 24.4 Å². The highest BCUT2D eigenvalue weighted by molar-refractivity contribution is 6.18. The summed E-state index contributed by atoms with van der Waals surface area (Å²) in [6.07, 6.45) is 2.02. The molecule has 1 spiro atoms. The quantitative estimate of drug-likeness (QED) is 0.327. The number of halogens is 1. The Bertz CT molecular complexity index is 1730. The Balaban J connectivity index is 1.56. The van der Waals surface area contributed by atoms with Gasteiger partial charge < -0.3 is 10.2 Å². The van der Waals surface area contributed by atoms with Crippen LogP contribution in [0, 0.1) is 11.7 Å². The Morgan fingerprint density at radius 2 is 1.45 bits per heavy atom. The Labute approximate surface area is 231 Å². The van der Waals surface area contributed by atoms with Crippen LogP contribution in [-0.4, -0.2) is 29.6 Å². The molecule has 5 nitrogen and oxygen atoms in total. The number of amides is 1. The van der Waals surface area contributed by atoms with Gasteiger partial charge in [0.05, 0.1) is 12.0 Å². The third kappa shape index (κ3) is 3.22. The van der Waals surface area contributed by atoms with E-state index in [4.69, 9.17) is 0 Å². The van der Waals surface area contributed by atoms with Crippen LogP contribution in [0.4, 0.5) is 15.8 Å². The van der Waals surface area contributed by atoms with Crippen molar-refractivity contribution in [3.05, 3.63) is 137 Å². The smallest absolute Gasteiger partial charge is 0.238 e. The molecule has 1 fully saturated rings. The Hall–Kier alpha value is -4.84. The van der Waals surface area contributed by atoms with Gasteiger partial charge in [-0.3, -0.25) is 14.4 Å². The maximum atomic E-state index is 14.7. The molecule has 1 amide bonds. The second-order valence-corrected chi connectivity index (χ2v) is 10.6. The molecular formula is C34H25FN2O3. The van der Waals surface area contributed by atoms with Crippen LogP contribution in [0.25, 0.3) is 5.57 Å². The van der Waals surface area contributed by atoms with Gasteiger partial charge in [0.2, 0.25) is 5.91 Å². The first kappa shape index (κ1) is 24.2. The number of nitrogens with one attached hydrogen (secondary N) is 1. The van der Waals surface area contributed by atoms with Crippen molar-refractivity contribution >= 4 is 34.4 Å². The molecule has 4 aromatic carbocycles. The van der Waals surface area contributed by atoms with Crippen molar-refractivity contribution in [1.82, 2.24) is 0 Å². The fraction of sp³-hybridized carbons (Fsp3) is 0.147. The van der Waals surface area contributed by atoms with Crippen molar-refractivity contribution in [2.75, 3.05) is 10.2 Å². The lowest BCUT2D eigenvalue weighted by atomic mass is 9.64. The Kier molecular flexibility index (Phi) is 5.36. The predicted molar refractivity (Wildman–Crippen MR) is 152 cm³/mol. The highest BCUT2D eigenvalue weighted by Gasteiger charge is 2.70. The average molecular weight is 529 g/mol. The van der Waals surface area contributed by atoms with E-state index in [0.29, 0.717) is 16.8 Å². The lowest BCUT2D eigenvalue weighted by Crippen LogP contribution is -2.51. The highest BCUT2D eigenvalue weighted by atomic mass is 19.1. The van der Waals surface area contributed by atoms with Crippen LogP contribution < -0.4 is 10.2 Å². The van der Waals surface area contributed by atoms with E-state index in [0.717, 1.165) is 16.8 Å². The lowest BCUT2D eigenvalue weighted by molar-refractivity contribution is -0.121. The molecule has 0 unspecified atom stereocenters. The summed E-state index contributed by atoms with van der Waals surface area (Å²) in [5.74, 6) is -2.50. The van der Waals surface area contributed by atoms with Crippen molar-refractivity contribution in [1.29, 1.82) is 0 Å². The van der Waals surface area contributed by atoms with Gasteiger partial charge in [-0.1, -0.05) is 72.8 Å². The van der Waals surface area contributed by atoms with Gasteiger partial charge in [0.15, 0.2) is 11.6 Å². The number of ketones is 2. The summed E-state index contributed by atoms with van der Waals surface area (Å²) in [5.41, 5.74) is 3.33. The van der Waals surface area contributed by atoms with Crippen LogP contribution in [0.3, 0.4) is 0 Å². The van der Waals surface area contributed by atoms with Crippen molar-refractivity contribution in [3.8, 4) is 0 Å². The minimum Gasteiger partial charge on any atom is -0.352 e. The second kappa shape index (κ2) is 8.85. The van der Waals surface area contributed by atoms with E-state index in [1.807, 2.05) is 72.5 Å². The molecule has 3 aliphatic rings. The number of benzene rings is 4. The predicted octanol–water partition coefficient (Wildman–Crippen LogP) is 6.07. The largest absolute Gasteiger partial charge is 0.352 e. The minimum atomic E-state index is -1.40. The van der Waals surface area contributed by atoms with Crippen molar-refractivity contribution in [2.24, 2.45) is 5.92 Å². The maximum absolute atomic E-state index is 14.7. The van der Waals surface area contributed by atoms with E-state index in [9.17, 15) is 18.8 Å². The lowest BCUT2D eigenvalue weighted by Gasteiger charge is -2.39. The summed E-state index contributed by atoms with van der Waals surface area (Å²) >= 11 is 0. The number of allylic oxidation sites excluding steroid dienone is 1. The number of carbonyl (C=O) groups excluding carboxylic acids is 3. The molecule has 0 aliphatic carbocycles. The maximum Gasteiger partial charge on any atom is 0.238 e. The van der Waals surface area contributed by atoms with E-state index in [1.165, 1.54) is 24.3 Å². The van der Waals surface area contributed by atoms with Crippen molar-refractivity contribution < 1.29 is 18.8 Å². The zero-order valence-corrected chi connectivity index (χ0v) is 21.7. The van der Waals surface area contributed by atoms with Gasteiger partial charge in [0, 0.05) is 28.1 Å². The van der Waals surface area contributed by atoms with E-state index in [-0.39, 0.29) is 23.0 Å². The first-order valence-corrected chi connectivity index (χ1v) is 13.3. The fourth-order valence-electron chi connectivity index (χ4n) is 6.95. The molecule has 196 valence electrons. The van der Waals surface area contributed by atoms with Crippen LogP contribution in [-0.2, 0) is 10.2 Å². The van der Waals surface area contributed by atoms with Gasteiger partial charge in [0.1, 0.15) is 17.3 Å². The number of fused-ring (bicyclic) bond motifs is 6. The van der Waals surface area contributed by atoms with E-state index in [1.54, 1.807) is 24.3 Å². The summed E-state index contributed by atoms with van der Waals surface area (Å²) in [4.78, 5) is 45.5. The average Bonchev–Trinajstić information content (AvgIpc) is 3.45. The molecular weight excluding hydrogens is 503 g/mol. The van der Waals surface area contributed by atoms with Gasteiger partial charge in [-0.05, 0) is 54.5 Å². The Morgan fingerprint density at radius 3 is 2.23 bits per heavy atom. The molecule has 0 saturated carbocycles. The summed E-state index contributed by atoms with van der Waals surface area (Å²) in [6, 6.07) is 27.8. The normalized spacial score (nSPS) is 24.1. The first-order valence-electron chi connectivity index (χ1n) is 13.3. The van der Waals surface area contributed by atoms with Crippen molar-refractivity contribution in [3.63, 3.8) is 0 Å². The van der Waals surface area contributed by atoms with E-state index in [2.05, 4.69) is 5.32 Å². The molecule has 7 rings (SSSR count). The number of nitrogens with zero attached hydrogens (tertiary/aromatic N) is 1. The van der Waals surface area contributed by atoms with Crippen LogP contribution in [0.5, 0.6) is 0 Å². The number of rotatable bonds is 4. The minimum absolute atomic E-state index is 0.247. The monoisotopic (exact) mass is 528 g/mol. The molecule has 4 atom stereocenters. The summed E-state index contributed by atoms with van der Waals surface area (Å²) < 4.78 is 13.9. The number of hydrogen-bond acceptors (Lipinski definition) is 4. The first-order chi connectivity index (χ1) is 19.4. The zero-order chi connectivity index (χ0) is 27.6. The van der Waals surface area contributed by atoms with Crippen LogP contribution in [0.2, 0.25) is 0 Å². The molecule has 4 aromatic rings. The molecule has 0 radical (unpaired) electrons. The van der Waals surface area contributed by atoms with Crippen LogP contribution >= 0.6 is 0 Å². The van der Waals surface area contributed by atoms with Gasteiger partial charge in [-0.25, -0.2) is 4.39 Å². The SMILES string of the molecule is CC1=C[C@@H]2N(c3ccccc31)[C@@H](C(=O)c1ccccc1)[C@@H](C(=O)c1ccc(F)cc1)[C@@]21C(=O)Nc2ccccc21. The standard InChI is InChI=1S/C34H25FN2O3/c1-20-19-28-34(25-12-6-7-13-26(25)36-33(34)40)29(31(38)22-15-17-23(35)18-16-22)30(32(39)21-9-3-2-4-10-21)37(28)27-14-8-5-11-24(20)27/h2-19,28-30H,1H3,(H,36,40)/t28-,29-,30+,34-/m0/s1. The molecule has 1 saturated heterocycles. The fourth-order valence-corrected chi connectivity index (χ4v) is 6.95. The van der Waals surface area contributed by atoms with Gasteiger partial charge >= 0.3 is 0 Å². The van der Waals surface area contributed by atoms with Crippen LogP contribution in [0.1, 0.15) is 38.8 Å².